The summed E-state index contributed by atoms with van der Waals surface area (Å²) in [5.41, 5.74) is 0. The topological polar surface area (TPSA) is 18.5 Å². The van der Waals surface area contributed by atoms with E-state index in [-0.39, 0.29) is 6.29 Å². The van der Waals surface area contributed by atoms with E-state index in [4.69, 9.17) is 9.47 Å². The molecule has 3 heteroatoms. The number of hydrogen-bond acceptors (Lipinski definition) is 2. The summed E-state index contributed by atoms with van der Waals surface area (Å²) in [4.78, 5) is 0. The van der Waals surface area contributed by atoms with Gasteiger partial charge in [-0.1, -0.05) is 28.1 Å². The van der Waals surface area contributed by atoms with E-state index in [9.17, 15) is 0 Å². The first kappa shape index (κ1) is 12.1. The molecule has 0 saturated carbocycles. The van der Waals surface area contributed by atoms with Crippen molar-refractivity contribution in [1.82, 2.24) is 0 Å². The van der Waals surface area contributed by atoms with Crippen LogP contribution in [0.4, 0.5) is 0 Å². The lowest BCUT2D eigenvalue weighted by Gasteiger charge is -2.10. The average Bonchev–Trinajstić information content (AvgIpc) is 2.11. The second-order valence-corrected chi connectivity index (χ2v) is 3.22. The van der Waals surface area contributed by atoms with Crippen molar-refractivity contribution in [1.29, 1.82) is 0 Å². The fourth-order valence-corrected chi connectivity index (χ4v) is 1.13. The summed E-state index contributed by atoms with van der Waals surface area (Å²) in [6.07, 6.45) is 7.29. The summed E-state index contributed by atoms with van der Waals surface area (Å²) < 4.78 is 10.1. The summed E-state index contributed by atoms with van der Waals surface area (Å²) in [6.45, 7) is 0. The Kier molecular flexibility index (Phi) is 9.34. The van der Waals surface area contributed by atoms with Crippen LogP contribution in [0.3, 0.4) is 0 Å². The number of alkyl halides is 1. The van der Waals surface area contributed by atoms with Gasteiger partial charge < -0.3 is 9.47 Å². The minimum absolute atomic E-state index is 0.0568. The predicted molar refractivity (Wildman–Crippen MR) is 54.6 cm³/mol. The summed E-state index contributed by atoms with van der Waals surface area (Å²) in [5.74, 6) is 0. The Hall–Kier alpha value is 0.140. The van der Waals surface area contributed by atoms with Crippen LogP contribution in [-0.4, -0.2) is 25.8 Å². The van der Waals surface area contributed by atoms with Crippen LogP contribution in [0.5, 0.6) is 0 Å². The molecule has 0 bridgehead atoms. The van der Waals surface area contributed by atoms with Gasteiger partial charge in [0.2, 0.25) is 0 Å². The molecular formula is C9H17BrO2. The first-order valence-electron chi connectivity index (χ1n) is 4.11. The Bertz CT molecular complexity index is 111. The molecule has 0 amide bonds. The zero-order chi connectivity index (χ0) is 9.23. The molecule has 0 saturated heterocycles. The van der Waals surface area contributed by atoms with E-state index in [1.165, 1.54) is 0 Å². The van der Waals surface area contributed by atoms with Gasteiger partial charge in [0.25, 0.3) is 0 Å². The van der Waals surface area contributed by atoms with E-state index in [1.807, 2.05) is 0 Å². The van der Waals surface area contributed by atoms with Gasteiger partial charge in [0.05, 0.1) is 0 Å². The van der Waals surface area contributed by atoms with Gasteiger partial charge in [-0.3, -0.25) is 0 Å². The predicted octanol–water partition coefficient (Wildman–Crippen LogP) is 2.73. The zero-order valence-corrected chi connectivity index (χ0v) is 9.34. The van der Waals surface area contributed by atoms with Crippen molar-refractivity contribution in [2.45, 2.75) is 25.6 Å². The van der Waals surface area contributed by atoms with Crippen molar-refractivity contribution in [3.63, 3.8) is 0 Å². The summed E-state index contributed by atoms with van der Waals surface area (Å²) in [7, 11) is 3.33. The Morgan fingerprint density at radius 1 is 1.17 bits per heavy atom. The SMILES string of the molecule is COC(CC/C=C/CCBr)OC. The minimum atomic E-state index is -0.0568. The van der Waals surface area contributed by atoms with Gasteiger partial charge in [-0.2, -0.15) is 0 Å². The Morgan fingerprint density at radius 2 is 1.75 bits per heavy atom. The molecule has 0 spiro atoms. The number of methoxy groups -OCH3 is 2. The Balaban J connectivity index is 3.27. The van der Waals surface area contributed by atoms with Crippen LogP contribution in [-0.2, 0) is 9.47 Å². The fourth-order valence-electron chi connectivity index (χ4n) is 0.863. The molecule has 12 heavy (non-hydrogen) atoms. The van der Waals surface area contributed by atoms with Crippen LogP contribution in [0.15, 0.2) is 12.2 Å². The third-order valence-corrected chi connectivity index (χ3v) is 2.00. The van der Waals surface area contributed by atoms with E-state index in [2.05, 4.69) is 28.1 Å². The van der Waals surface area contributed by atoms with Gasteiger partial charge in [-0.15, -0.1) is 0 Å². The van der Waals surface area contributed by atoms with E-state index in [0.29, 0.717) is 0 Å². The molecule has 0 fully saturated rings. The van der Waals surface area contributed by atoms with Gasteiger partial charge in [0, 0.05) is 26.0 Å². The molecule has 0 N–H and O–H groups in total. The van der Waals surface area contributed by atoms with Crippen LogP contribution in [0, 0.1) is 0 Å². The van der Waals surface area contributed by atoms with E-state index >= 15 is 0 Å². The highest BCUT2D eigenvalue weighted by Crippen LogP contribution is 2.03. The average molecular weight is 237 g/mol. The van der Waals surface area contributed by atoms with Crippen molar-refractivity contribution in [3.05, 3.63) is 12.2 Å². The fraction of sp³-hybridized carbons (Fsp3) is 0.778. The minimum Gasteiger partial charge on any atom is -0.356 e. The summed E-state index contributed by atoms with van der Waals surface area (Å²) in [5, 5.41) is 1.03. The highest BCUT2D eigenvalue weighted by molar-refractivity contribution is 9.09. The Labute approximate surface area is 83.1 Å². The van der Waals surface area contributed by atoms with Gasteiger partial charge in [0.15, 0.2) is 6.29 Å². The largest absolute Gasteiger partial charge is 0.356 e. The maximum Gasteiger partial charge on any atom is 0.157 e. The number of rotatable bonds is 7. The van der Waals surface area contributed by atoms with Gasteiger partial charge in [-0.05, 0) is 12.8 Å². The maximum atomic E-state index is 5.04. The molecule has 0 aromatic heterocycles. The monoisotopic (exact) mass is 236 g/mol. The molecule has 0 rings (SSSR count). The second-order valence-electron chi connectivity index (χ2n) is 2.43. The molecule has 0 atom stereocenters. The van der Waals surface area contributed by atoms with Crippen LogP contribution in [0.25, 0.3) is 0 Å². The lowest BCUT2D eigenvalue weighted by Crippen LogP contribution is -2.11. The summed E-state index contributed by atoms with van der Waals surface area (Å²) in [6, 6.07) is 0. The molecule has 0 aliphatic carbocycles. The lowest BCUT2D eigenvalue weighted by atomic mass is 10.2. The van der Waals surface area contributed by atoms with Gasteiger partial charge in [-0.25, -0.2) is 0 Å². The molecule has 0 radical (unpaired) electrons. The van der Waals surface area contributed by atoms with Crippen LogP contribution in [0.1, 0.15) is 19.3 Å². The molecule has 2 nitrogen and oxygen atoms in total. The number of halogens is 1. The summed E-state index contributed by atoms with van der Waals surface area (Å²) >= 11 is 3.36. The van der Waals surface area contributed by atoms with Crippen molar-refractivity contribution in [2.24, 2.45) is 0 Å². The first-order valence-corrected chi connectivity index (χ1v) is 5.23. The molecule has 0 aromatic rings. The van der Waals surface area contributed by atoms with E-state index in [0.717, 1.165) is 24.6 Å². The van der Waals surface area contributed by atoms with Crippen molar-refractivity contribution in [3.8, 4) is 0 Å². The van der Waals surface area contributed by atoms with Crippen LogP contribution >= 0.6 is 15.9 Å². The number of hydrogen-bond donors (Lipinski definition) is 0. The third kappa shape index (κ3) is 6.83. The molecular weight excluding hydrogens is 220 g/mol. The molecule has 0 aliphatic heterocycles. The molecule has 0 aromatic carbocycles. The highest BCUT2D eigenvalue weighted by atomic mass is 79.9. The standard InChI is InChI=1S/C9H17BrO2/c1-11-9(12-2)7-5-3-4-6-8-10/h3-4,9H,5-8H2,1-2H3/b4-3+. The van der Waals surface area contributed by atoms with Crippen molar-refractivity contribution >= 4 is 15.9 Å². The quantitative estimate of drug-likeness (QED) is 0.385. The molecule has 0 heterocycles. The zero-order valence-electron chi connectivity index (χ0n) is 7.75. The lowest BCUT2D eigenvalue weighted by molar-refractivity contribution is -0.105. The highest BCUT2D eigenvalue weighted by Gasteiger charge is 2.01. The molecule has 0 unspecified atom stereocenters. The third-order valence-electron chi connectivity index (χ3n) is 1.54. The second kappa shape index (κ2) is 9.23. The van der Waals surface area contributed by atoms with Crippen LogP contribution in [0.2, 0.25) is 0 Å². The van der Waals surface area contributed by atoms with Gasteiger partial charge in [0.1, 0.15) is 0 Å². The maximum absolute atomic E-state index is 5.04. The Morgan fingerprint density at radius 3 is 2.25 bits per heavy atom. The molecule has 72 valence electrons. The smallest absolute Gasteiger partial charge is 0.157 e. The number of ether oxygens (including phenoxy) is 2. The van der Waals surface area contributed by atoms with Gasteiger partial charge >= 0.3 is 0 Å². The van der Waals surface area contributed by atoms with E-state index in [1.54, 1.807) is 14.2 Å². The van der Waals surface area contributed by atoms with Crippen molar-refractivity contribution < 1.29 is 9.47 Å². The van der Waals surface area contributed by atoms with E-state index < -0.39 is 0 Å². The van der Waals surface area contributed by atoms with Crippen LogP contribution < -0.4 is 0 Å². The first-order chi connectivity index (χ1) is 5.85. The van der Waals surface area contributed by atoms with Crippen molar-refractivity contribution in [2.75, 3.05) is 19.5 Å². The normalized spacial score (nSPS) is 11.7. The number of allylic oxidation sites excluding steroid dienone is 2. The molecule has 0 aliphatic rings.